The number of aromatic nitrogens is 2. The maximum atomic E-state index is 12.3. The molecule has 1 N–H and O–H groups in total. The minimum Gasteiger partial charge on any atom is -0.320 e. The van der Waals surface area contributed by atoms with Gasteiger partial charge in [0.25, 0.3) is 5.91 Å². The van der Waals surface area contributed by atoms with Gasteiger partial charge in [-0.15, -0.1) is 11.3 Å². The molecule has 2 heterocycles. The molecular weight excluding hydrogens is 318 g/mol. The molecule has 3 rings (SSSR count). The van der Waals surface area contributed by atoms with Gasteiger partial charge in [0.1, 0.15) is 10.7 Å². The summed E-state index contributed by atoms with van der Waals surface area (Å²) in [5, 5.41) is 5.95. The molecule has 2 aromatic heterocycles. The first-order valence-corrected chi connectivity index (χ1v) is 7.82. The molecule has 0 atom stereocenters. The number of rotatable bonds is 3. The zero-order valence-electron chi connectivity index (χ0n) is 11.7. The molecule has 6 heteroatoms. The highest BCUT2D eigenvalue weighted by molar-refractivity contribution is 7.13. The Morgan fingerprint density at radius 2 is 2.00 bits per heavy atom. The number of nitrogens with zero attached hydrogens (tertiary/aromatic N) is 2. The van der Waals surface area contributed by atoms with Crippen LogP contribution >= 0.6 is 22.9 Å². The van der Waals surface area contributed by atoms with Gasteiger partial charge in [0.05, 0.1) is 0 Å². The van der Waals surface area contributed by atoms with Gasteiger partial charge in [-0.05, 0) is 36.8 Å². The Balaban J connectivity index is 1.81. The van der Waals surface area contributed by atoms with E-state index >= 15 is 0 Å². The summed E-state index contributed by atoms with van der Waals surface area (Å²) in [7, 11) is 0. The van der Waals surface area contributed by atoms with E-state index in [2.05, 4.69) is 15.3 Å². The van der Waals surface area contributed by atoms with Crippen LogP contribution in [0.1, 0.15) is 16.1 Å². The lowest BCUT2D eigenvalue weighted by molar-refractivity contribution is 0.102. The van der Waals surface area contributed by atoms with Crippen LogP contribution in [0.15, 0.2) is 48.1 Å². The smallest absolute Gasteiger partial charge is 0.275 e. The molecule has 110 valence electrons. The molecule has 0 saturated heterocycles. The zero-order valence-corrected chi connectivity index (χ0v) is 13.3. The number of benzene rings is 1. The Kier molecular flexibility index (Phi) is 4.18. The summed E-state index contributed by atoms with van der Waals surface area (Å²) in [5.74, 6) is -0.248. The van der Waals surface area contributed by atoms with Crippen molar-refractivity contribution in [3.63, 3.8) is 0 Å². The third-order valence-corrected chi connectivity index (χ3v) is 4.24. The van der Waals surface area contributed by atoms with Crippen molar-refractivity contribution in [3.8, 4) is 10.6 Å². The highest BCUT2D eigenvalue weighted by Crippen LogP contribution is 2.24. The molecule has 0 aliphatic heterocycles. The van der Waals surface area contributed by atoms with E-state index < -0.39 is 0 Å². The summed E-state index contributed by atoms with van der Waals surface area (Å²) < 4.78 is 0. The Bertz CT molecular complexity index is 817. The minimum absolute atomic E-state index is 0.248. The van der Waals surface area contributed by atoms with Crippen LogP contribution in [-0.4, -0.2) is 15.9 Å². The van der Waals surface area contributed by atoms with E-state index in [0.717, 1.165) is 16.1 Å². The number of nitrogens with one attached hydrogen (secondary N) is 1. The Labute approximate surface area is 136 Å². The summed E-state index contributed by atoms with van der Waals surface area (Å²) in [5.41, 5.74) is 2.97. The topological polar surface area (TPSA) is 54.9 Å². The van der Waals surface area contributed by atoms with Gasteiger partial charge in [-0.1, -0.05) is 17.7 Å². The first-order chi connectivity index (χ1) is 10.6. The van der Waals surface area contributed by atoms with E-state index in [4.69, 9.17) is 11.6 Å². The number of anilines is 1. The lowest BCUT2D eigenvalue weighted by Gasteiger charge is -2.07. The lowest BCUT2D eigenvalue weighted by Crippen LogP contribution is -2.13. The van der Waals surface area contributed by atoms with Gasteiger partial charge in [-0.25, -0.2) is 4.98 Å². The Morgan fingerprint density at radius 1 is 1.23 bits per heavy atom. The lowest BCUT2D eigenvalue weighted by atomic mass is 10.2. The molecule has 22 heavy (non-hydrogen) atoms. The van der Waals surface area contributed by atoms with Gasteiger partial charge in [0.15, 0.2) is 0 Å². The Morgan fingerprint density at radius 3 is 2.77 bits per heavy atom. The molecule has 0 fully saturated rings. The van der Waals surface area contributed by atoms with E-state index in [0.29, 0.717) is 16.4 Å². The summed E-state index contributed by atoms with van der Waals surface area (Å²) in [6.07, 6.45) is 3.40. The molecule has 0 saturated carbocycles. The average Bonchev–Trinajstić information content (AvgIpc) is 3.02. The van der Waals surface area contributed by atoms with Crippen LogP contribution in [-0.2, 0) is 0 Å². The summed E-state index contributed by atoms with van der Waals surface area (Å²) >= 11 is 7.38. The quantitative estimate of drug-likeness (QED) is 0.774. The Hall–Kier alpha value is -2.24. The first-order valence-electron chi connectivity index (χ1n) is 6.57. The minimum atomic E-state index is -0.248. The van der Waals surface area contributed by atoms with Gasteiger partial charge in [0.2, 0.25) is 0 Å². The molecule has 0 aliphatic carbocycles. The van der Waals surface area contributed by atoms with Crippen LogP contribution in [0.25, 0.3) is 10.6 Å². The number of aryl methyl sites for hydroxylation is 1. The fourth-order valence-corrected chi connectivity index (χ4v) is 2.90. The molecule has 3 aromatic rings. The van der Waals surface area contributed by atoms with Crippen LogP contribution < -0.4 is 5.32 Å². The number of thiazole rings is 1. The average molecular weight is 330 g/mol. The fraction of sp³-hybridized carbons (Fsp3) is 0.0625. The number of halogens is 1. The molecular formula is C16H12ClN3OS. The van der Waals surface area contributed by atoms with Crippen LogP contribution in [0, 0.1) is 6.92 Å². The highest BCUT2D eigenvalue weighted by atomic mass is 35.5. The number of carbonyl (C=O) groups is 1. The van der Waals surface area contributed by atoms with E-state index in [-0.39, 0.29) is 5.91 Å². The fourth-order valence-electron chi connectivity index (χ4n) is 1.92. The molecule has 1 amide bonds. The van der Waals surface area contributed by atoms with Crippen molar-refractivity contribution in [2.45, 2.75) is 6.92 Å². The van der Waals surface area contributed by atoms with Crippen LogP contribution in [0.5, 0.6) is 0 Å². The normalized spacial score (nSPS) is 10.5. The number of pyridine rings is 1. The largest absolute Gasteiger partial charge is 0.320 e. The van der Waals surface area contributed by atoms with Crippen LogP contribution in [0.4, 0.5) is 5.69 Å². The van der Waals surface area contributed by atoms with Gasteiger partial charge in [-0.3, -0.25) is 9.78 Å². The monoisotopic (exact) mass is 329 g/mol. The third-order valence-electron chi connectivity index (χ3n) is 3.11. The third kappa shape index (κ3) is 3.16. The number of amides is 1. The van der Waals surface area contributed by atoms with Crippen molar-refractivity contribution < 1.29 is 4.79 Å². The SMILES string of the molecule is Cc1ccc(Cl)cc1NC(=O)c1csc(-c2ccncc2)n1. The standard InChI is InChI=1S/C16H12ClN3OS/c1-10-2-3-12(17)8-13(10)19-15(21)14-9-22-16(20-14)11-4-6-18-7-5-11/h2-9H,1H3,(H,19,21). The summed E-state index contributed by atoms with van der Waals surface area (Å²) in [6.45, 7) is 1.91. The predicted octanol–water partition coefficient (Wildman–Crippen LogP) is 4.42. The second-order valence-electron chi connectivity index (χ2n) is 4.69. The van der Waals surface area contributed by atoms with Crippen molar-refractivity contribution in [2.75, 3.05) is 5.32 Å². The van der Waals surface area contributed by atoms with Gasteiger partial charge in [0, 0.05) is 34.0 Å². The summed E-state index contributed by atoms with van der Waals surface area (Å²) in [6, 6.07) is 9.10. The maximum Gasteiger partial charge on any atom is 0.275 e. The van der Waals surface area contributed by atoms with Crippen LogP contribution in [0.2, 0.25) is 5.02 Å². The van der Waals surface area contributed by atoms with Crippen molar-refractivity contribution in [2.24, 2.45) is 0 Å². The van der Waals surface area contributed by atoms with E-state index in [1.54, 1.807) is 29.9 Å². The first kappa shape index (κ1) is 14.7. The number of carbonyl (C=O) groups excluding carboxylic acids is 1. The van der Waals surface area contributed by atoms with Crippen molar-refractivity contribution in [3.05, 3.63) is 64.4 Å². The van der Waals surface area contributed by atoms with Gasteiger partial charge >= 0.3 is 0 Å². The molecule has 0 bridgehead atoms. The molecule has 1 aromatic carbocycles. The molecule has 0 radical (unpaired) electrons. The predicted molar refractivity (Wildman–Crippen MR) is 89.5 cm³/mol. The van der Waals surface area contributed by atoms with E-state index in [1.165, 1.54) is 11.3 Å². The summed E-state index contributed by atoms with van der Waals surface area (Å²) in [4.78, 5) is 20.6. The molecule has 4 nitrogen and oxygen atoms in total. The van der Waals surface area contributed by atoms with Crippen molar-refractivity contribution in [1.29, 1.82) is 0 Å². The molecule has 0 unspecified atom stereocenters. The van der Waals surface area contributed by atoms with Crippen molar-refractivity contribution in [1.82, 2.24) is 9.97 Å². The van der Waals surface area contributed by atoms with E-state index in [1.807, 2.05) is 25.1 Å². The zero-order chi connectivity index (χ0) is 15.5. The van der Waals surface area contributed by atoms with Gasteiger partial charge in [-0.2, -0.15) is 0 Å². The number of hydrogen-bond acceptors (Lipinski definition) is 4. The van der Waals surface area contributed by atoms with Crippen molar-refractivity contribution >= 4 is 34.5 Å². The highest BCUT2D eigenvalue weighted by Gasteiger charge is 2.13. The van der Waals surface area contributed by atoms with Crippen LogP contribution in [0.3, 0.4) is 0 Å². The van der Waals surface area contributed by atoms with E-state index in [9.17, 15) is 4.79 Å². The number of hydrogen-bond donors (Lipinski definition) is 1. The second-order valence-corrected chi connectivity index (χ2v) is 5.98. The van der Waals surface area contributed by atoms with Gasteiger partial charge < -0.3 is 5.32 Å². The molecule has 0 spiro atoms. The molecule has 0 aliphatic rings. The maximum absolute atomic E-state index is 12.3. The second kappa shape index (κ2) is 6.25.